The Morgan fingerprint density at radius 2 is 0.786 bits per heavy atom. The molecule has 0 saturated heterocycles. The molecule has 0 aliphatic rings. The molecular weight excluding hydrogens is 723 g/mol. The van der Waals surface area contributed by atoms with Gasteiger partial charge in [0.05, 0.1) is 22.8 Å². The predicted molar refractivity (Wildman–Crippen MR) is 250 cm³/mol. The third kappa shape index (κ3) is 24.1. The van der Waals surface area contributed by atoms with E-state index >= 15 is 0 Å². The molecular formula is C53H88N2Ni. The Labute approximate surface area is 359 Å². The van der Waals surface area contributed by atoms with Crippen LogP contribution >= 0.6 is 0 Å². The fourth-order valence-electron chi connectivity index (χ4n) is 8.03. The Kier molecular flexibility index (Phi) is 33.6. The maximum absolute atomic E-state index is 5.44. The number of hydrogen-bond acceptors (Lipinski definition) is 2. The van der Waals surface area contributed by atoms with E-state index in [1.807, 2.05) is 0 Å². The molecule has 3 heteroatoms. The van der Waals surface area contributed by atoms with E-state index in [0.717, 1.165) is 80.6 Å². The fourth-order valence-corrected chi connectivity index (χ4v) is 8.03. The number of unbranched alkanes of at least 4 members (excludes halogenated alkanes) is 20. The first-order chi connectivity index (χ1) is 27.1. The monoisotopic (exact) mass is 811 g/mol. The number of rotatable bonds is 35. The number of nitrogens with zero attached hydrogens (tertiary/aromatic N) is 2. The van der Waals surface area contributed by atoms with Crippen molar-refractivity contribution >= 4 is 22.8 Å². The average molecular weight is 812 g/mol. The molecule has 2 nitrogen and oxygen atoms in total. The molecule has 0 spiro atoms. The van der Waals surface area contributed by atoms with E-state index in [0.29, 0.717) is 0 Å². The molecule has 0 aliphatic heterocycles. The summed E-state index contributed by atoms with van der Waals surface area (Å²) in [6.07, 6.45) is 45.0. The zero-order chi connectivity index (χ0) is 39.6. The van der Waals surface area contributed by atoms with Crippen molar-refractivity contribution < 1.29 is 16.5 Å². The smallest absolute Gasteiger partial charge is 0.0848 e. The van der Waals surface area contributed by atoms with Gasteiger partial charge in [0.1, 0.15) is 0 Å². The predicted octanol–water partition coefficient (Wildman–Crippen LogP) is 17.9. The minimum absolute atomic E-state index is 0. The fraction of sp³-hybridized carbons (Fsp3) is 0.698. The van der Waals surface area contributed by atoms with Gasteiger partial charge in [0.2, 0.25) is 0 Å². The van der Waals surface area contributed by atoms with Gasteiger partial charge < -0.3 is 0 Å². The minimum atomic E-state index is 0. The van der Waals surface area contributed by atoms with E-state index in [9.17, 15) is 0 Å². The van der Waals surface area contributed by atoms with Crippen molar-refractivity contribution in [2.45, 2.75) is 241 Å². The van der Waals surface area contributed by atoms with Crippen molar-refractivity contribution in [1.29, 1.82) is 0 Å². The van der Waals surface area contributed by atoms with E-state index in [2.05, 4.69) is 90.1 Å². The molecule has 0 radical (unpaired) electrons. The van der Waals surface area contributed by atoms with E-state index in [1.165, 1.54) is 164 Å². The van der Waals surface area contributed by atoms with Gasteiger partial charge in [0.15, 0.2) is 0 Å². The Morgan fingerprint density at radius 1 is 0.411 bits per heavy atom. The Morgan fingerprint density at radius 3 is 1.21 bits per heavy atom. The molecule has 0 fully saturated rings. The molecule has 2 aromatic carbocycles. The molecule has 0 aliphatic carbocycles. The van der Waals surface area contributed by atoms with Crippen LogP contribution in [0.25, 0.3) is 0 Å². The Hall–Kier alpha value is -1.99. The quantitative estimate of drug-likeness (QED) is 0.0376. The van der Waals surface area contributed by atoms with Crippen molar-refractivity contribution in [3.63, 3.8) is 0 Å². The molecule has 0 heterocycles. The third-order valence-electron chi connectivity index (χ3n) is 11.3. The van der Waals surface area contributed by atoms with Crippen LogP contribution in [0.3, 0.4) is 0 Å². The normalized spacial score (nSPS) is 12.2. The van der Waals surface area contributed by atoms with Crippen LogP contribution in [0.1, 0.15) is 237 Å². The van der Waals surface area contributed by atoms with Crippen LogP contribution in [-0.2, 0) is 42.2 Å². The molecule has 0 N–H and O–H groups in total. The number of benzene rings is 2. The van der Waals surface area contributed by atoms with Crippen molar-refractivity contribution in [2.24, 2.45) is 9.98 Å². The summed E-state index contributed by atoms with van der Waals surface area (Å²) in [6.45, 7) is 13.8. The molecule has 2 aromatic rings. The summed E-state index contributed by atoms with van der Waals surface area (Å²) in [5, 5.41) is 0. The number of hydrogen-bond donors (Lipinski definition) is 0. The summed E-state index contributed by atoms with van der Waals surface area (Å²) in [4.78, 5) is 10.9. The van der Waals surface area contributed by atoms with Gasteiger partial charge in [0.25, 0.3) is 0 Å². The summed E-state index contributed by atoms with van der Waals surface area (Å²) in [5.41, 5.74) is 10.3. The number of allylic oxidation sites excluding steroid dienone is 2. The van der Waals surface area contributed by atoms with Crippen molar-refractivity contribution in [2.75, 3.05) is 0 Å². The van der Waals surface area contributed by atoms with Crippen LogP contribution < -0.4 is 0 Å². The van der Waals surface area contributed by atoms with Crippen LogP contribution in [0, 0.1) is 0 Å². The molecule has 320 valence electrons. The molecule has 0 atom stereocenters. The van der Waals surface area contributed by atoms with Gasteiger partial charge in [-0.15, -0.1) is 0 Å². The van der Waals surface area contributed by atoms with Crippen LogP contribution in [0.5, 0.6) is 0 Å². The van der Waals surface area contributed by atoms with E-state index in [4.69, 9.17) is 9.98 Å². The second-order valence-electron chi connectivity index (χ2n) is 16.6. The summed E-state index contributed by atoms with van der Waals surface area (Å²) >= 11 is 0. The minimum Gasteiger partial charge on any atom is -0.251 e. The summed E-state index contributed by atoms with van der Waals surface area (Å²) < 4.78 is 0. The molecule has 0 aromatic heterocycles. The molecule has 0 bridgehead atoms. The van der Waals surface area contributed by atoms with Crippen LogP contribution in [0.4, 0.5) is 11.4 Å². The maximum Gasteiger partial charge on any atom is 0.0848 e. The maximum atomic E-state index is 5.44. The third-order valence-corrected chi connectivity index (χ3v) is 11.3. The van der Waals surface area contributed by atoms with E-state index in [-0.39, 0.29) is 16.5 Å². The second-order valence-corrected chi connectivity index (χ2v) is 16.6. The summed E-state index contributed by atoms with van der Waals surface area (Å²) in [5.74, 6) is 0. The van der Waals surface area contributed by atoms with Crippen LogP contribution in [0.15, 0.2) is 58.5 Å². The zero-order valence-electron chi connectivity index (χ0n) is 37.7. The van der Waals surface area contributed by atoms with Gasteiger partial charge in [-0.05, 0) is 104 Å². The first-order valence-electron chi connectivity index (χ1n) is 24.2. The van der Waals surface area contributed by atoms with Gasteiger partial charge in [-0.25, -0.2) is 4.99 Å². The van der Waals surface area contributed by atoms with Gasteiger partial charge in [-0.2, -0.15) is 0 Å². The van der Waals surface area contributed by atoms with Gasteiger partial charge in [-0.1, -0.05) is 207 Å². The van der Waals surface area contributed by atoms with Gasteiger partial charge >= 0.3 is 0 Å². The molecule has 2 rings (SSSR count). The van der Waals surface area contributed by atoms with Crippen molar-refractivity contribution in [1.82, 2.24) is 0 Å². The summed E-state index contributed by atoms with van der Waals surface area (Å²) in [6, 6.07) is 13.9. The average Bonchev–Trinajstić information content (AvgIpc) is 3.18. The van der Waals surface area contributed by atoms with Crippen molar-refractivity contribution in [3.8, 4) is 0 Å². The van der Waals surface area contributed by atoms with Crippen LogP contribution in [0.2, 0.25) is 0 Å². The standard InChI is InChI=1S/C53H88N2.Ni/c1-7-13-15-17-18-19-20-21-22-23-24-25-26-27-28-29-30-31-33-39-53(55-51-43-41-47(35-10-4)49(45-51)37-12-6)52(38-32-16-14-8-2)54-50-42-40-46(34-9-3)48(44-50)36-11-5;/h33,39-45H,7-32,34-38H2,1-6H3;/b39-33+,54-52?,55-53?;. The largest absolute Gasteiger partial charge is 0.251 e. The van der Waals surface area contributed by atoms with Gasteiger partial charge in [0, 0.05) is 16.5 Å². The van der Waals surface area contributed by atoms with E-state index < -0.39 is 0 Å². The topological polar surface area (TPSA) is 24.7 Å². The molecule has 56 heavy (non-hydrogen) atoms. The summed E-state index contributed by atoms with van der Waals surface area (Å²) in [7, 11) is 0. The molecule has 0 saturated carbocycles. The SMILES string of the molecule is CCCCCCCCCCCCCCCCCCC/C=C/C(=Nc1ccc(CCC)c(CCC)c1)C(CCCCCC)=Nc1ccc(CCC)c(CCC)c1.[Ni]. The number of aliphatic imine (C=N–C) groups is 2. The second kappa shape index (κ2) is 36.1. The molecule has 0 unspecified atom stereocenters. The first-order valence-corrected chi connectivity index (χ1v) is 24.2. The molecule has 0 amide bonds. The zero-order valence-corrected chi connectivity index (χ0v) is 38.7. The van der Waals surface area contributed by atoms with E-state index in [1.54, 1.807) is 0 Å². The number of aryl methyl sites for hydroxylation is 4. The first kappa shape index (κ1) is 52.0. The Bertz CT molecular complexity index is 1320. The Balaban J connectivity index is 0.0000157. The van der Waals surface area contributed by atoms with Crippen molar-refractivity contribution in [3.05, 3.63) is 70.8 Å². The van der Waals surface area contributed by atoms with Gasteiger partial charge in [-0.3, -0.25) is 4.99 Å². The van der Waals surface area contributed by atoms with Crippen LogP contribution in [-0.4, -0.2) is 11.4 Å².